The van der Waals surface area contributed by atoms with Crippen molar-refractivity contribution in [2.75, 3.05) is 22.9 Å². The Morgan fingerprint density at radius 2 is 1.56 bits per heavy atom. The molecule has 0 atom stereocenters. The molecule has 4 rings (SSSR count). The van der Waals surface area contributed by atoms with Crippen molar-refractivity contribution in [3.05, 3.63) is 76.0 Å². The molecular formula is C30H35ClF6N4O2. The summed E-state index contributed by atoms with van der Waals surface area (Å²) in [4.78, 5) is 14.8. The quantitative estimate of drug-likeness (QED) is 0.164. The van der Waals surface area contributed by atoms with E-state index in [9.17, 15) is 31.1 Å². The Bertz CT molecular complexity index is 1370. The maximum absolute atomic E-state index is 13.6. The zero-order valence-corrected chi connectivity index (χ0v) is 24.7. The number of alkyl halides is 6. The van der Waals surface area contributed by atoms with Crippen LogP contribution in [0.5, 0.6) is 0 Å². The summed E-state index contributed by atoms with van der Waals surface area (Å²) < 4.78 is 83.1. The molecule has 0 aliphatic heterocycles. The zero-order chi connectivity index (χ0) is 30.7. The Morgan fingerprint density at radius 1 is 0.930 bits per heavy atom. The van der Waals surface area contributed by atoms with Gasteiger partial charge in [-0.3, -0.25) is 9.48 Å². The van der Waals surface area contributed by atoms with Gasteiger partial charge in [-0.25, -0.2) is 0 Å². The number of rotatable bonds is 12. The Hall–Kier alpha value is -3.41. The molecule has 1 N–H and O–H groups in total. The van der Waals surface area contributed by atoms with Gasteiger partial charge in [0.1, 0.15) is 0 Å². The molecule has 1 aliphatic carbocycles. The fourth-order valence-corrected chi connectivity index (χ4v) is 5.44. The molecule has 6 nitrogen and oxygen atoms in total. The summed E-state index contributed by atoms with van der Waals surface area (Å²) in [6.45, 7) is 3.22. The van der Waals surface area contributed by atoms with E-state index >= 15 is 0 Å². The molecule has 2 aromatic carbocycles. The summed E-state index contributed by atoms with van der Waals surface area (Å²) in [6, 6.07) is 7.54. The third-order valence-electron chi connectivity index (χ3n) is 7.49. The average molecular weight is 633 g/mol. The SMILES string of the molecule is CCN(CCCCC(=O)O)c1cc2c(cc1CN(Cc1cc(C(F)(F)F)cc(C(F)(F)F)c1)c1ccn(C)n1)CCC2.Cl. The highest BCUT2D eigenvalue weighted by atomic mass is 35.5. The number of hydrogen-bond acceptors (Lipinski definition) is 4. The van der Waals surface area contributed by atoms with E-state index in [4.69, 9.17) is 5.11 Å². The Morgan fingerprint density at radius 3 is 2.09 bits per heavy atom. The Labute approximate surface area is 252 Å². The number of halogens is 7. The molecule has 0 spiro atoms. The van der Waals surface area contributed by atoms with Crippen LogP contribution in [0.2, 0.25) is 0 Å². The number of aliphatic carboxylic acids is 1. The van der Waals surface area contributed by atoms with Gasteiger partial charge >= 0.3 is 18.3 Å². The second-order valence-electron chi connectivity index (χ2n) is 10.7. The number of benzene rings is 2. The van der Waals surface area contributed by atoms with Crippen LogP contribution >= 0.6 is 12.4 Å². The molecule has 43 heavy (non-hydrogen) atoms. The topological polar surface area (TPSA) is 61.6 Å². The first-order chi connectivity index (χ1) is 19.7. The van der Waals surface area contributed by atoms with Crippen LogP contribution in [0, 0.1) is 0 Å². The molecule has 13 heteroatoms. The lowest BCUT2D eigenvalue weighted by Crippen LogP contribution is -2.29. The van der Waals surface area contributed by atoms with Crippen LogP contribution in [0.4, 0.5) is 37.8 Å². The third kappa shape index (κ3) is 8.81. The van der Waals surface area contributed by atoms with Crippen molar-refractivity contribution in [1.82, 2.24) is 9.78 Å². The Kier molecular flexibility index (Phi) is 11.0. The number of aromatic nitrogens is 2. The number of fused-ring (bicyclic) bond motifs is 1. The van der Waals surface area contributed by atoms with Crippen molar-refractivity contribution in [3.63, 3.8) is 0 Å². The molecule has 0 bridgehead atoms. The van der Waals surface area contributed by atoms with Crippen LogP contribution < -0.4 is 9.80 Å². The van der Waals surface area contributed by atoms with Crippen molar-refractivity contribution in [2.24, 2.45) is 7.05 Å². The van der Waals surface area contributed by atoms with Crippen molar-refractivity contribution in [3.8, 4) is 0 Å². The van der Waals surface area contributed by atoms with Crippen LogP contribution in [-0.4, -0.2) is 33.9 Å². The van der Waals surface area contributed by atoms with Crippen LogP contribution in [0.25, 0.3) is 0 Å². The number of nitrogens with zero attached hydrogens (tertiary/aromatic N) is 4. The third-order valence-corrected chi connectivity index (χ3v) is 7.49. The number of carboxylic acids is 1. The first kappa shape index (κ1) is 34.1. The first-order valence-corrected chi connectivity index (χ1v) is 13.9. The summed E-state index contributed by atoms with van der Waals surface area (Å²) in [5, 5.41) is 13.4. The van der Waals surface area contributed by atoms with Gasteiger partial charge in [-0.1, -0.05) is 6.07 Å². The fourth-order valence-electron chi connectivity index (χ4n) is 5.44. The van der Waals surface area contributed by atoms with Gasteiger partial charge in [0.2, 0.25) is 0 Å². The van der Waals surface area contributed by atoms with E-state index in [0.717, 1.165) is 42.6 Å². The van der Waals surface area contributed by atoms with Crippen molar-refractivity contribution in [2.45, 2.75) is 70.9 Å². The predicted octanol–water partition coefficient (Wildman–Crippen LogP) is 7.66. The molecule has 0 fully saturated rings. The van der Waals surface area contributed by atoms with Gasteiger partial charge in [-0.05, 0) is 85.5 Å². The van der Waals surface area contributed by atoms with Gasteiger partial charge in [0, 0.05) is 57.6 Å². The molecule has 0 unspecified atom stereocenters. The highest BCUT2D eigenvalue weighted by molar-refractivity contribution is 5.85. The molecular weight excluding hydrogens is 598 g/mol. The number of hydrogen-bond donors (Lipinski definition) is 1. The summed E-state index contributed by atoms with van der Waals surface area (Å²) in [5.74, 6) is -0.440. The second-order valence-corrected chi connectivity index (χ2v) is 10.7. The first-order valence-electron chi connectivity index (χ1n) is 13.9. The fraction of sp³-hybridized carbons (Fsp3) is 0.467. The van der Waals surface area contributed by atoms with E-state index < -0.39 is 29.4 Å². The molecule has 1 heterocycles. The normalized spacial score (nSPS) is 13.0. The minimum absolute atomic E-state index is 0. The van der Waals surface area contributed by atoms with Gasteiger partial charge in [0.05, 0.1) is 11.1 Å². The van der Waals surface area contributed by atoms with E-state index in [1.165, 1.54) is 15.8 Å². The Balaban J connectivity index is 0.00000506. The number of anilines is 2. The molecule has 0 amide bonds. The average Bonchev–Trinajstić information content (AvgIpc) is 3.55. The van der Waals surface area contributed by atoms with Gasteiger partial charge in [0.25, 0.3) is 0 Å². The lowest BCUT2D eigenvalue weighted by Gasteiger charge is -2.30. The highest BCUT2D eigenvalue weighted by Gasteiger charge is 2.37. The highest BCUT2D eigenvalue weighted by Crippen LogP contribution is 2.38. The monoisotopic (exact) mass is 632 g/mol. The standard InChI is InChI=1S/C30H34F6N4O2.ClH/c1-3-39(11-5-4-9-28(41)42)26-16-22-8-6-7-21(22)15-23(26)19-40(27-10-12-38(2)37-27)18-20-13-24(29(31,32)33)17-25(14-20)30(34,35)36;/h10,12-17H,3-9,11,18-19H2,1-2H3,(H,41,42);1H. The number of unbranched alkanes of at least 4 members (excludes halogenated alkanes) is 1. The lowest BCUT2D eigenvalue weighted by molar-refractivity contribution is -0.143. The van der Waals surface area contributed by atoms with Crippen LogP contribution in [0.15, 0.2) is 42.6 Å². The summed E-state index contributed by atoms with van der Waals surface area (Å²) in [5.41, 5.74) is 1.35. The molecule has 0 saturated carbocycles. The smallest absolute Gasteiger partial charge is 0.416 e. The van der Waals surface area contributed by atoms with Gasteiger partial charge < -0.3 is 14.9 Å². The molecule has 0 radical (unpaired) electrons. The number of carboxylic acid groups (broad SMARTS) is 1. The second kappa shape index (κ2) is 13.9. The van der Waals surface area contributed by atoms with Crippen molar-refractivity contribution in [1.29, 1.82) is 0 Å². The predicted molar refractivity (Wildman–Crippen MR) is 155 cm³/mol. The largest absolute Gasteiger partial charge is 0.481 e. The summed E-state index contributed by atoms with van der Waals surface area (Å²) in [7, 11) is 1.69. The minimum Gasteiger partial charge on any atom is -0.481 e. The van der Waals surface area contributed by atoms with E-state index in [1.807, 2.05) is 6.92 Å². The maximum Gasteiger partial charge on any atom is 0.416 e. The summed E-state index contributed by atoms with van der Waals surface area (Å²) in [6.07, 6.45) is -4.17. The lowest BCUT2D eigenvalue weighted by atomic mass is 10.0. The molecule has 3 aromatic rings. The van der Waals surface area contributed by atoms with Crippen LogP contribution in [0.3, 0.4) is 0 Å². The molecule has 236 valence electrons. The zero-order valence-electron chi connectivity index (χ0n) is 23.9. The van der Waals surface area contributed by atoms with Gasteiger partial charge in [-0.2, -0.15) is 31.4 Å². The molecule has 0 saturated heterocycles. The van der Waals surface area contributed by atoms with E-state index in [-0.39, 0.29) is 43.5 Å². The van der Waals surface area contributed by atoms with Gasteiger partial charge in [0.15, 0.2) is 5.82 Å². The molecule has 1 aromatic heterocycles. The van der Waals surface area contributed by atoms with Gasteiger partial charge in [-0.15, -0.1) is 12.4 Å². The van der Waals surface area contributed by atoms with E-state index in [2.05, 4.69) is 22.1 Å². The van der Waals surface area contributed by atoms with Crippen LogP contribution in [-0.2, 0) is 50.1 Å². The maximum atomic E-state index is 13.6. The van der Waals surface area contributed by atoms with E-state index in [0.29, 0.717) is 31.7 Å². The molecule has 1 aliphatic rings. The number of carbonyl (C=O) groups is 1. The minimum atomic E-state index is -4.94. The summed E-state index contributed by atoms with van der Waals surface area (Å²) >= 11 is 0. The van der Waals surface area contributed by atoms with Crippen LogP contribution in [0.1, 0.15) is 66.0 Å². The van der Waals surface area contributed by atoms with Crippen molar-refractivity contribution < 1.29 is 36.2 Å². The van der Waals surface area contributed by atoms with E-state index in [1.54, 1.807) is 24.2 Å². The number of aryl methyl sites for hydroxylation is 3. The van der Waals surface area contributed by atoms with Crippen molar-refractivity contribution >= 4 is 29.9 Å².